The van der Waals surface area contributed by atoms with Crippen molar-refractivity contribution in [1.82, 2.24) is 9.55 Å². The molecule has 0 saturated heterocycles. The average Bonchev–Trinajstić information content (AvgIpc) is 3.40. The number of amides is 1. The second kappa shape index (κ2) is 8.89. The fourth-order valence-electron chi connectivity index (χ4n) is 4.15. The monoisotopic (exact) mass is 478 g/mol. The third-order valence-electron chi connectivity index (χ3n) is 5.83. The second-order valence-corrected chi connectivity index (χ2v) is 9.87. The van der Waals surface area contributed by atoms with Crippen LogP contribution in [0.5, 0.6) is 0 Å². The van der Waals surface area contributed by atoms with E-state index in [1.165, 1.54) is 50.6 Å². The van der Waals surface area contributed by atoms with E-state index < -0.39 is 0 Å². The van der Waals surface area contributed by atoms with Gasteiger partial charge in [-0.3, -0.25) is 14.2 Å². The maximum absolute atomic E-state index is 13.3. The molecule has 0 spiro atoms. The summed E-state index contributed by atoms with van der Waals surface area (Å²) in [7, 11) is 0. The molecule has 1 aromatic carbocycles. The van der Waals surface area contributed by atoms with Gasteiger partial charge in [0.05, 0.1) is 17.3 Å². The predicted molar refractivity (Wildman–Crippen MR) is 128 cm³/mol. The van der Waals surface area contributed by atoms with E-state index in [0.717, 1.165) is 36.8 Å². The molecule has 5 rings (SSSR count). The Morgan fingerprint density at radius 2 is 2.03 bits per heavy atom. The normalized spacial score (nSPS) is 13.0. The smallest absolute Gasteiger partial charge is 0.262 e. The molecule has 0 bridgehead atoms. The van der Waals surface area contributed by atoms with Crippen molar-refractivity contribution in [3.05, 3.63) is 68.1 Å². The van der Waals surface area contributed by atoms with E-state index in [1.54, 1.807) is 12.1 Å². The topological polar surface area (TPSA) is 87.8 Å². The molecule has 0 fully saturated rings. The Labute approximate surface area is 197 Å². The van der Waals surface area contributed by atoms with Gasteiger partial charge in [-0.2, -0.15) is 5.26 Å². The summed E-state index contributed by atoms with van der Waals surface area (Å²) in [5.41, 5.74) is 2.85. The van der Waals surface area contributed by atoms with Crippen LogP contribution in [0.25, 0.3) is 21.3 Å². The van der Waals surface area contributed by atoms with E-state index in [4.69, 9.17) is 0 Å². The molecule has 3 aromatic heterocycles. The molecular weight excluding hydrogens is 459 g/mol. The van der Waals surface area contributed by atoms with Crippen molar-refractivity contribution < 1.29 is 9.18 Å². The Balaban J connectivity index is 1.35. The van der Waals surface area contributed by atoms with Crippen LogP contribution in [0.4, 0.5) is 9.39 Å². The van der Waals surface area contributed by atoms with Gasteiger partial charge in [0.15, 0.2) is 0 Å². The zero-order valence-corrected chi connectivity index (χ0v) is 19.2. The summed E-state index contributed by atoms with van der Waals surface area (Å²) >= 11 is 2.83. The number of halogens is 1. The van der Waals surface area contributed by atoms with Gasteiger partial charge in [0.25, 0.3) is 5.56 Å². The molecule has 1 aliphatic rings. The van der Waals surface area contributed by atoms with Crippen molar-refractivity contribution in [2.75, 3.05) is 5.32 Å². The quantitative estimate of drug-likeness (QED) is 0.432. The van der Waals surface area contributed by atoms with Crippen LogP contribution in [-0.4, -0.2) is 15.5 Å². The van der Waals surface area contributed by atoms with Crippen LogP contribution in [0.15, 0.2) is 40.8 Å². The first kappa shape index (κ1) is 21.5. The number of anilines is 1. The molecule has 4 aromatic rings. The van der Waals surface area contributed by atoms with Crippen LogP contribution in [-0.2, 0) is 24.2 Å². The highest BCUT2D eigenvalue weighted by molar-refractivity contribution is 7.17. The van der Waals surface area contributed by atoms with Gasteiger partial charge in [0.1, 0.15) is 21.7 Å². The Morgan fingerprint density at radius 3 is 2.82 bits per heavy atom. The molecule has 0 radical (unpaired) electrons. The van der Waals surface area contributed by atoms with Crippen molar-refractivity contribution in [2.45, 2.75) is 38.6 Å². The van der Waals surface area contributed by atoms with Gasteiger partial charge >= 0.3 is 0 Å². The first-order valence-corrected chi connectivity index (χ1v) is 12.3. The van der Waals surface area contributed by atoms with Crippen LogP contribution in [0, 0.1) is 17.1 Å². The van der Waals surface area contributed by atoms with E-state index in [9.17, 15) is 19.2 Å². The SMILES string of the molecule is N#Cc1c(NC(=O)CCn2cnc3scc(-c4ccc(F)cc4)c3c2=O)sc2c1CCCC2. The summed E-state index contributed by atoms with van der Waals surface area (Å²) in [6, 6.07) is 8.22. The summed E-state index contributed by atoms with van der Waals surface area (Å²) in [5.74, 6) is -0.591. The lowest BCUT2D eigenvalue weighted by molar-refractivity contribution is -0.116. The average molecular weight is 479 g/mol. The maximum Gasteiger partial charge on any atom is 0.262 e. The molecule has 166 valence electrons. The summed E-state index contributed by atoms with van der Waals surface area (Å²) in [6.07, 6.45) is 5.52. The number of thiophene rings is 2. The van der Waals surface area contributed by atoms with Crippen LogP contribution >= 0.6 is 22.7 Å². The van der Waals surface area contributed by atoms with E-state index in [1.807, 2.05) is 5.38 Å². The third-order valence-corrected chi connectivity index (χ3v) is 7.93. The van der Waals surface area contributed by atoms with Crippen LogP contribution in [0.3, 0.4) is 0 Å². The first-order valence-electron chi connectivity index (χ1n) is 10.6. The molecule has 9 heteroatoms. The lowest BCUT2D eigenvalue weighted by Crippen LogP contribution is -2.23. The molecule has 0 atom stereocenters. The summed E-state index contributed by atoms with van der Waals surface area (Å²) in [6.45, 7) is 0.166. The molecule has 3 heterocycles. The lowest BCUT2D eigenvalue weighted by atomic mass is 9.96. The maximum atomic E-state index is 13.3. The number of nitrogens with zero attached hydrogens (tertiary/aromatic N) is 3. The number of nitriles is 1. The molecule has 0 unspecified atom stereocenters. The van der Waals surface area contributed by atoms with Crippen LogP contribution < -0.4 is 10.9 Å². The Hall–Kier alpha value is -3.35. The highest BCUT2D eigenvalue weighted by Gasteiger charge is 2.22. The highest BCUT2D eigenvalue weighted by atomic mass is 32.1. The van der Waals surface area contributed by atoms with E-state index in [-0.39, 0.29) is 30.2 Å². The van der Waals surface area contributed by atoms with Crippen molar-refractivity contribution in [3.8, 4) is 17.2 Å². The summed E-state index contributed by atoms with van der Waals surface area (Å²) in [4.78, 5) is 31.9. The molecule has 33 heavy (non-hydrogen) atoms. The Bertz CT molecular complexity index is 1460. The summed E-state index contributed by atoms with van der Waals surface area (Å²) < 4.78 is 14.7. The summed E-state index contributed by atoms with van der Waals surface area (Å²) in [5, 5.41) is 15.3. The van der Waals surface area contributed by atoms with Gasteiger partial charge in [-0.25, -0.2) is 9.37 Å². The van der Waals surface area contributed by atoms with Gasteiger partial charge in [0.2, 0.25) is 5.91 Å². The van der Waals surface area contributed by atoms with Crippen LogP contribution in [0.2, 0.25) is 0 Å². The number of hydrogen-bond donors (Lipinski definition) is 1. The fraction of sp³-hybridized carbons (Fsp3) is 0.250. The number of aromatic nitrogens is 2. The van der Waals surface area contributed by atoms with Crippen molar-refractivity contribution in [2.24, 2.45) is 0 Å². The standard InChI is InChI=1S/C24H19FN4O2S2/c25-15-7-5-14(6-8-15)18-12-32-23-21(18)24(31)29(13-27-23)10-9-20(30)28-22-17(11-26)16-3-1-2-4-19(16)33-22/h5-8,12-13H,1-4,9-10H2,(H,28,30). The largest absolute Gasteiger partial charge is 0.317 e. The van der Waals surface area contributed by atoms with Gasteiger partial charge in [-0.1, -0.05) is 12.1 Å². The minimum Gasteiger partial charge on any atom is -0.317 e. The van der Waals surface area contributed by atoms with E-state index in [2.05, 4.69) is 16.4 Å². The number of aryl methyl sites for hydroxylation is 2. The van der Waals surface area contributed by atoms with Gasteiger partial charge in [-0.15, -0.1) is 22.7 Å². The number of fused-ring (bicyclic) bond motifs is 2. The number of hydrogen-bond acceptors (Lipinski definition) is 6. The van der Waals surface area contributed by atoms with Crippen molar-refractivity contribution >= 4 is 43.8 Å². The van der Waals surface area contributed by atoms with Crippen molar-refractivity contribution in [3.63, 3.8) is 0 Å². The minimum atomic E-state index is -0.342. The molecule has 1 aliphatic carbocycles. The predicted octanol–water partition coefficient (Wildman–Crippen LogP) is 5.10. The zero-order chi connectivity index (χ0) is 22.9. The lowest BCUT2D eigenvalue weighted by Gasteiger charge is -2.09. The Morgan fingerprint density at radius 1 is 1.24 bits per heavy atom. The molecule has 6 nitrogen and oxygen atoms in total. The third kappa shape index (κ3) is 4.08. The van der Waals surface area contributed by atoms with Gasteiger partial charge in [-0.05, 0) is 48.9 Å². The van der Waals surface area contributed by atoms with Gasteiger partial charge < -0.3 is 5.32 Å². The number of nitrogens with one attached hydrogen (secondary N) is 1. The van der Waals surface area contributed by atoms with Crippen LogP contribution in [0.1, 0.15) is 35.3 Å². The van der Waals surface area contributed by atoms with E-state index in [0.29, 0.717) is 26.3 Å². The molecule has 1 amide bonds. The minimum absolute atomic E-state index is 0.0799. The number of carbonyl (C=O) groups is 1. The van der Waals surface area contributed by atoms with Crippen molar-refractivity contribution in [1.29, 1.82) is 5.26 Å². The fourth-order valence-corrected chi connectivity index (χ4v) is 6.31. The zero-order valence-electron chi connectivity index (χ0n) is 17.6. The molecule has 0 aliphatic heterocycles. The molecular formula is C24H19FN4O2S2. The second-order valence-electron chi connectivity index (χ2n) is 7.90. The molecule has 0 saturated carbocycles. The Kier molecular flexibility index (Phi) is 5.79. The van der Waals surface area contributed by atoms with E-state index >= 15 is 0 Å². The number of carbonyl (C=O) groups excluding carboxylic acids is 1. The molecule has 1 N–H and O–H groups in total. The van der Waals surface area contributed by atoms with Gasteiger partial charge in [0, 0.05) is 28.8 Å². The first-order chi connectivity index (χ1) is 16.0. The number of benzene rings is 1. The number of rotatable bonds is 5. The highest BCUT2D eigenvalue weighted by Crippen LogP contribution is 2.37.